The number of nitrogens with two attached hydrogens (primary N) is 1. The minimum absolute atomic E-state index is 0.138. The summed E-state index contributed by atoms with van der Waals surface area (Å²) in [6.07, 6.45) is 2.09. The van der Waals surface area contributed by atoms with E-state index in [0.717, 1.165) is 42.0 Å². The molecule has 4 nitrogen and oxygen atoms in total. The Bertz CT molecular complexity index is 968. The number of hydrogen-bond donors (Lipinski definition) is 1. The molecule has 1 aliphatic rings. The Morgan fingerprint density at radius 3 is 2.73 bits per heavy atom. The number of carbonyl (C=O) groups is 1. The number of hydrogen-bond acceptors (Lipinski definition) is 3. The lowest BCUT2D eigenvalue weighted by Gasteiger charge is -2.32. The smallest absolute Gasteiger partial charge is 0.277 e. The molecule has 1 aromatic heterocycles. The van der Waals surface area contributed by atoms with E-state index in [9.17, 15) is 9.18 Å². The van der Waals surface area contributed by atoms with Gasteiger partial charge in [-0.2, -0.15) is 0 Å². The van der Waals surface area contributed by atoms with Gasteiger partial charge in [0.25, 0.3) is 5.91 Å². The zero-order chi connectivity index (χ0) is 21.1. The summed E-state index contributed by atoms with van der Waals surface area (Å²) in [6.45, 7) is 6.25. The van der Waals surface area contributed by atoms with Gasteiger partial charge in [-0.3, -0.25) is 4.79 Å². The molecule has 2 N–H and O–H groups in total. The van der Waals surface area contributed by atoms with Crippen LogP contribution in [0.3, 0.4) is 0 Å². The van der Waals surface area contributed by atoms with Crippen LogP contribution in [0.4, 0.5) is 4.39 Å². The van der Waals surface area contributed by atoms with E-state index < -0.39 is 0 Å². The Labute approximate surface area is 181 Å². The quantitative estimate of drug-likeness (QED) is 0.645. The first-order valence-corrected chi connectivity index (χ1v) is 11.5. The van der Waals surface area contributed by atoms with Crippen molar-refractivity contribution in [1.29, 1.82) is 0 Å². The van der Waals surface area contributed by atoms with E-state index in [4.69, 9.17) is 4.98 Å². The summed E-state index contributed by atoms with van der Waals surface area (Å²) >= 11 is 1.75. The number of likely N-dealkylation sites (tertiary alicyclic amines) is 1. The second-order valence-corrected chi connectivity index (χ2v) is 9.52. The van der Waals surface area contributed by atoms with Crippen molar-refractivity contribution >= 4 is 27.5 Å². The van der Waals surface area contributed by atoms with Crippen LogP contribution in [-0.4, -0.2) is 35.4 Å². The van der Waals surface area contributed by atoms with Crippen molar-refractivity contribution < 1.29 is 14.5 Å². The molecule has 0 radical (unpaired) electrons. The number of rotatable bonds is 6. The summed E-state index contributed by atoms with van der Waals surface area (Å²) in [6, 6.07) is 15.0. The molecule has 4 rings (SSSR count). The summed E-state index contributed by atoms with van der Waals surface area (Å²) in [4.78, 5) is 19.8. The first-order chi connectivity index (χ1) is 14.5. The highest BCUT2D eigenvalue weighted by Crippen LogP contribution is 2.32. The summed E-state index contributed by atoms with van der Waals surface area (Å²) < 4.78 is 14.5. The van der Waals surface area contributed by atoms with Crippen LogP contribution in [0.1, 0.15) is 49.2 Å². The molecule has 1 amide bonds. The number of para-hydroxylation sites is 1. The van der Waals surface area contributed by atoms with Gasteiger partial charge >= 0.3 is 0 Å². The third-order valence-electron chi connectivity index (χ3n) is 5.95. The van der Waals surface area contributed by atoms with E-state index in [0.29, 0.717) is 18.4 Å². The number of amides is 1. The molecular weight excluding hydrogens is 397 g/mol. The fraction of sp³-hybridized carbons (Fsp3) is 0.417. The number of carbonyl (C=O) groups excluding carboxylic acids is 1. The molecule has 0 unspecified atom stereocenters. The van der Waals surface area contributed by atoms with Crippen molar-refractivity contribution in [3.05, 3.63) is 64.9 Å². The van der Waals surface area contributed by atoms with E-state index in [-0.39, 0.29) is 17.8 Å². The second-order valence-electron chi connectivity index (χ2n) is 8.46. The molecular formula is C24H29FN3OS+. The van der Waals surface area contributed by atoms with Crippen LogP contribution < -0.4 is 5.32 Å². The zero-order valence-electron chi connectivity index (χ0n) is 17.6. The molecule has 0 bridgehead atoms. The standard InChI is InChI=1S/C24H28FN3OS/c1-16(2)23(17-9-11-19(25)12-10-17)26-14-22(29)28-13-5-6-18(15-28)24-27-20-7-3-4-8-21(20)30-24/h3-4,7-12,16,18,23,26H,5-6,13-15H2,1-2H3/p+1/t18-,23+/m0/s1. The first kappa shape index (κ1) is 20.9. The van der Waals surface area contributed by atoms with Crippen LogP contribution in [-0.2, 0) is 4.79 Å². The van der Waals surface area contributed by atoms with Crippen molar-refractivity contribution in [2.75, 3.05) is 19.6 Å². The minimum atomic E-state index is -0.230. The highest BCUT2D eigenvalue weighted by Gasteiger charge is 2.29. The van der Waals surface area contributed by atoms with Gasteiger partial charge in [0, 0.05) is 30.5 Å². The predicted molar refractivity (Wildman–Crippen MR) is 119 cm³/mol. The van der Waals surface area contributed by atoms with Crippen LogP contribution in [0.5, 0.6) is 0 Å². The van der Waals surface area contributed by atoms with Gasteiger partial charge in [0.2, 0.25) is 0 Å². The van der Waals surface area contributed by atoms with Gasteiger partial charge in [0.1, 0.15) is 11.9 Å². The lowest BCUT2D eigenvalue weighted by Crippen LogP contribution is -2.88. The lowest BCUT2D eigenvalue weighted by molar-refractivity contribution is -0.692. The molecule has 2 aromatic carbocycles. The fourth-order valence-electron chi connectivity index (χ4n) is 4.30. The maximum atomic E-state index is 13.3. The molecule has 1 fully saturated rings. The average molecular weight is 427 g/mol. The number of fused-ring (bicyclic) bond motifs is 1. The Balaban J connectivity index is 1.39. The Hall–Kier alpha value is -2.31. The largest absolute Gasteiger partial charge is 0.337 e. The SMILES string of the molecule is CC(C)[C@@H]([NH2+]CC(=O)N1CCC[C@H](c2nc3ccccc3s2)C1)c1ccc(F)cc1. The molecule has 1 saturated heterocycles. The summed E-state index contributed by atoms with van der Waals surface area (Å²) in [5.41, 5.74) is 2.11. The molecule has 0 spiro atoms. The molecule has 2 heterocycles. The lowest BCUT2D eigenvalue weighted by atomic mass is 9.96. The maximum Gasteiger partial charge on any atom is 0.277 e. The second kappa shape index (κ2) is 9.23. The van der Waals surface area contributed by atoms with Gasteiger partial charge < -0.3 is 10.2 Å². The minimum Gasteiger partial charge on any atom is -0.337 e. The predicted octanol–water partition coefficient (Wildman–Crippen LogP) is 4.10. The number of benzene rings is 2. The van der Waals surface area contributed by atoms with Crippen LogP contribution in [0.15, 0.2) is 48.5 Å². The fourth-order valence-corrected chi connectivity index (χ4v) is 5.40. The van der Waals surface area contributed by atoms with Crippen molar-refractivity contribution in [3.63, 3.8) is 0 Å². The molecule has 0 saturated carbocycles. The van der Waals surface area contributed by atoms with Gasteiger partial charge in [-0.25, -0.2) is 9.37 Å². The summed E-state index contributed by atoms with van der Waals surface area (Å²) in [5.74, 6) is 0.610. The summed E-state index contributed by atoms with van der Waals surface area (Å²) in [5, 5.41) is 3.24. The Kier molecular flexibility index (Phi) is 6.44. The Morgan fingerprint density at radius 2 is 2.00 bits per heavy atom. The number of halogens is 1. The molecule has 0 aliphatic carbocycles. The molecule has 2 atom stereocenters. The number of aromatic nitrogens is 1. The Morgan fingerprint density at radius 1 is 1.23 bits per heavy atom. The van der Waals surface area contributed by atoms with Crippen molar-refractivity contribution in [3.8, 4) is 0 Å². The average Bonchev–Trinajstić information content (AvgIpc) is 3.19. The van der Waals surface area contributed by atoms with Gasteiger partial charge in [-0.15, -0.1) is 11.3 Å². The third-order valence-corrected chi connectivity index (χ3v) is 7.15. The van der Waals surface area contributed by atoms with Crippen LogP contribution in [0.25, 0.3) is 10.2 Å². The molecule has 3 aromatic rings. The zero-order valence-corrected chi connectivity index (χ0v) is 18.4. The molecule has 158 valence electrons. The number of quaternary nitrogens is 1. The van der Waals surface area contributed by atoms with Crippen LogP contribution in [0.2, 0.25) is 0 Å². The van der Waals surface area contributed by atoms with Crippen molar-refractivity contribution in [2.24, 2.45) is 5.92 Å². The van der Waals surface area contributed by atoms with Gasteiger partial charge in [-0.1, -0.05) is 38.1 Å². The van der Waals surface area contributed by atoms with Crippen LogP contribution in [0, 0.1) is 11.7 Å². The molecule has 30 heavy (non-hydrogen) atoms. The van der Waals surface area contributed by atoms with Gasteiger partial charge in [-0.05, 0) is 37.1 Å². The van der Waals surface area contributed by atoms with E-state index in [1.165, 1.54) is 16.8 Å². The highest BCUT2D eigenvalue weighted by atomic mass is 32.1. The maximum absolute atomic E-state index is 13.3. The highest BCUT2D eigenvalue weighted by molar-refractivity contribution is 7.18. The normalized spacial score (nSPS) is 18.1. The van der Waals surface area contributed by atoms with Crippen LogP contribution >= 0.6 is 11.3 Å². The monoisotopic (exact) mass is 426 g/mol. The number of nitrogens with zero attached hydrogens (tertiary/aromatic N) is 2. The molecule has 1 aliphatic heterocycles. The van der Waals surface area contributed by atoms with E-state index in [1.54, 1.807) is 11.3 Å². The molecule has 6 heteroatoms. The van der Waals surface area contributed by atoms with E-state index >= 15 is 0 Å². The van der Waals surface area contributed by atoms with Gasteiger partial charge in [0.15, 0.2) is 6.54 Å². The van der Waals surface area contributed by atoms with E-state index in [2.05, 4.69) is 31.3 Å². The van der Waals surface area contributed by atoms with E-state index in [1.807, 2.05) is 29.2 Å². The topological polar surface area (TPSA) is 49.8 Å². The third kappa shape index (κ3) is 4.71. The van der Waals surface area contributed by atoms with Gasteiger partial charge in [0.05, 0.1) is 15.2 Å². The number of piperidine rings is 1. The summed E-state index contributed by atoms with van der Waals surface area (Å²) in [7, 11) is 0. The number of thiazole rings is 1. The van der Waals surface area contributed by atoms with Crippen molar-refractivity contribution in [2.45, 2.75) is 38.6 Å². The first-order valence-electron chi connectivity index (χ1n) is 10.7. The van der Waals surface area contributed by atoms with Crippen molar-refractivity contribution in [1.82, 2.24) is 9.88 Å².